The standard InChI is InChI=1S/C13H7BrINO3S/c1-2-3-16-12(18)10(20-13(16)19)5-7-4-8(14)6-9(15)11(7)17/h1,4-6,17H,3H2/b10-5-. The van der Waals surface area contributed by atoms with Crippen molar-refractivity contribution in [2.45, 2.75) is 0 Å². The molecule has 1 fully saturated rings. The summed E-state index contributed by atoms with van der Waals surface area (Å²) in [5.74, 6) is 1.90. The molecule has 0 aliphatic carbocycles. The zero-order valence-electron chi connectivity index (χ0n) is 9.89. The second kappa shape index (κ2) is 6.20. The van der Waals surface area contributed by atoms with Gasteiger partial charge in [0.05, 0.1) is 15.0 Å². The highest BCUT2D eigenvalue weighted by Crippen LogP contribution is 2.36. The number of halogens is 2. The first-order valence-electron chi connectivity index (χ1n) is 5.31. The predicted molar refractivity (Wildman–Crippen MR) is 90.0 cm³/mol. The van der Waals surface area contributed by atoms with E-state index in [0.717, 1.165) is 21.1 Å². The van der Waals surface area contributed by atoms with Gasteiger partial charge in [0.1, 0.15) is 5.75 Å². The van der Waals surface area contributed by atoms with E-state index in [1.54, 1.807) is 12.1 Å². The zero-order chi connectivity index (χ0) is 14.9. The predicted octanol–water partition coefficient (Wildman–Crippen LogP) is 3.43. The maximum absolute atomic E-state index is 12.0. The Morgan fingerprint density at radius 1 is 1.50 bits per heavy atom. The lowest BCUT2D eigenvalue weighted by Gasteiger charge is -2.07. The van der Waals surface area contributed by atoms with Gasteiger partial charge in [-0.05, 0) is 52.6 Å². The van der Waals surface area contributed by atoms with Crippen LogP contribution in [0.2, 0.25) is 0 Å². The van der Waals surface area contributed by atoms with E-state index in [4.69, 9.17) is 6.42 Å². The molecule has 20 heavy (non-hydrogen) atoms. The minimum atomic E-state index is -0.438. The van der Waals surface area contributed by atoms with E-state index >= 15 is 0 Å². The Hall–Kier alpha value is -0.980. The monoisotopic (exact) mass is 463 g/mol. The number of aromatic hydroxyl groups is 1. The van der Waals surface area contributed by atoms with E-state index in [2.05, 4.69) is 21.9 Å². The van der Waals surface area contributed by atoms with Crippen molar-refractivity contribution in [3.8, 4) is 18.1 Å². The molecule has 1 N–H and O–H groups in total. The normalized spacial score (nSPS) is 16.9. The van der Waals surface area contributed by atoms with Crippen LogP contribution < -0.4 is 0 Å². The number of nitrogens with zero attached hydrogens (tertiary/aromatic N) is 1. The second-order valence-electron chi connectivity index (χ2n) is 3.80. The van der Waals surface area contributed by atoms with Crippen molar-refractivity contribution in [1.29, 1.82) is 0 Å². The Labute approximate surface area is 141 Å². The van der Waals surface area contributed by atoms with Gasteiger partial charge in [0.25, 0.3) is 11.1 Å². The number of benzene rings is 1. The minimum absolute atomic E-state index is 0.0516. The molecule has 1 aliphatic rings. The number of amides is 2. The van der Waals surface area contributed by atoms with Gasteiger partial charge in [-0.25, -0.2) is 0 Å². The Bertz CT molecular complexity index is 681. The summed E-state index contributed by atoms with van der Waals surface area (Å²) < 4.78 is 1.42. The van der Waals surface area contributed by atoms with Crippen molar-refractivity contribution in [1.82, 2.24) is 4.90 Å². The summed E-state index contributed by atoms with van der Waals surface area (Å²) in [6.45, 7) is -0.0516. The van der Waals surface area contributed by atoms with Gasteiger partial charge in [-0.3, -0.25) is 14.5 Å². The lowest BCUT2D eigenvalue weighted by Crippen LogP contribution is -2.28. The largest absolute Gasteiger partial charge is 0.506 e. The Morgan fingerprint density at radius 2 is 2.20 bits per heavy atom. The first-order chi connectivity index (χ1) is 9.43. The molecule has 1 saturated heterocycles. The third kappa shape index (κ3) is 3.02. The molecule has 0 unspecified atom stereocenters. The number of carbonyl (C=O) groups is 2. The van der Waals surface area contributed by atoms with Gasteiger partial charge in [-0.2, -0.15) is 0 Å². The fourth-order valence-electron chi connectivity index (χ4n) is 1.56. The Morgan fingerprint density at radius 3 is 2.85 bits per heavy atom. The molecule has 2 rings (SSSR count). The number of hydrogen-bond donors (Lipinski definition) is 1. The molecule has 0 bridgehead atoms. The minimum Gasteiger partial charge on any atom is -0.506 e. The third-order valence-corrected chi connectivity index (χ3v) is 4.65. The number of hydrogen-bond acceptors (Lipinski definition) is 4. The summed E-state index contributed by atoms with van der Waals surface area (Å²) in [4.78, 5) is 24.9. The number of imide groups is 1. The van der Waals surface area contributed by atoms with Crippen molar-refractivity contribution in [2.75, 3.05) is 6.54 Å². The summed E-state index contributed by atoms with van der Waals surface area (Å²) in [6.07, 6.45) is 6.61. The summed E-state index contributed by atoms with van der Waals surface area (Å²) in [5.41, 5.74) is 0.468. The number of phenols is 1. The van der Waals surface area contributed by atoms with Crippen LogP contribution in [0.4, 0.5) is 4.79 Å². The van der Waals surface area contributed by atoms with Crippen molar-refractivity contribution >= 4 is 67.5 Å². The summed E-state index contributed by atoms with van der Waals surface area (Å²) >= 11 is 6.11. The van der Waals surface area contributed by atoms with Gasteiger partial charge in [0, 0.05) is 10.0 Å². The van der Waals surface area contributed by atoms with Crippen LogP contribution in [-0.2, 0) is 4.79 Å². The Kier molecular flexibility index (Phi) is 4.78. The highest BCUT2D eigenvalue weighted by molar-refractivity contribution is 14.1. The maximum atomic E-state index is 12.0. The van der Waals surface area contributed by atoms with Crippen LogP contribution in [0.15, 0.2) is 21.5 Å². The number of phenolic OH excluding ortho intramolecular Hbond substituents is 1. The van der Waals surface area contributed by atoms with Crippen LogP contribution in [-0.4, -0.2) is 27.7 Å². The second-order valence-corrected chi connectivity index (χ2v) is 6.87. The van der Waals surface area contributed by atoms with Crippen molar-refractivity contribution in [3.63, 3.8) is 0 Å². The lowest BCUT2D eigenvalue weighted by atomic mass is 10.2. The molecule has 1 aromatic carbocycles. The number of terminal acetylenes is 1. The molecular weight excluding hydrogens is 457 g/mol. The third-order valence-electron chi connectivity index (χ3n) is 2.47. The molecule has 1 heterocycles. The van der Waals surface area contributed by atoms with E-state index in [1.807, 2.05) is 22.6 Å². The zero-order valence-corrected chi connectivity index (χ0v) is 14.5. The van der Waals surface area contributed by atoms with Crippen LogP contribution in [0, 0.1) is 15.9 Å². The average molecular weight is 464 g/mol. The molecule has 0 radical (unpaired) electrons. The topological polar surface area (TPSA) is 57.6 Å². The number of thioether (sulfide) groups is 1. The molecule has 0 atom stereocenters. The van der Waals surface area contributed by atoms with Crippen LogP contribution in [0.3, 0.4) is 0 Å². The maximum Gasteiger partial charge on any atom is 0.294 e. The SMILES string of the molecule is C#CCN1C(=O)S/C(=C\c2cc(Br)cc(I)c2O)C1=O. The first-order valence-corrected chi connectivity index (χ1v) is 7.99. The summed E-state index contributed by atoms with van der Waals surface area (Å²) in [7, 11) is 0. The molecular formula is C13H7BrINO3S. The highest BCUT2D eigenvalue weighted by atomic mass is 127. The van der Waals surface area contributed by atoms with Gasteiger partial charge in [-0.15, -0.1) is 6.42 Å². The van der Waals surface area contributed by atoms with Gasteiger partial charge in [-0.1, -0.05) is 21.9 Å². The molecule has 1 aromatic rings. The molecule has 0 saturated carbocycles. The molecule has 7 heteroatoms. The molecule has 0 spiro atoms. The smallest absolute Gasteiger partial charge is 0.294 e. The van der Waals surface area contributed by atoms with Gasteiger partial charge in [0.15, 0.2) is 0 Å². The van der Waals surface area contributed by atoms with E-state index in [0.29, 0.717) is 9.13 Å². The van der Waals surface area contributed by atoms with Gasteiger partial charge < -0.3 is 5.11 Å². The Balaban J connectivity index is 2.41. The van der Waals surface area contributed by atoms with Crippen molar-refractivity contribution < 1.29 is 14.7 Å². The summed E-state index contributed by atoms with van der Waals surface area (Å²) in [6, 6.07) is 3.42. The molecule has 102 valence electrons. The number of rotatable bonds is 2. The van der Waals surface area contributed by atoms with Gasteiger partial charge >= 0.3 is 0 Å². The van der Waals surface area contributed by atoms with Crippen LogP contribution in [0.5, 0.6) is 5.75 Å². The van der Waals surface area contributed by atoms with E-state index in [9.17, 15) is 14.7 Å². The van der Waals surface area contributed by atoms with Crippen LogP contribution >= 0.6 is 50.3 Å². The van der Waals surface area contributed by atoms with Gasteiger partial charge in [0.2, 0.25) is 0 Å². The van der Waals surface area contributed by atoms with E-state index < -0.39 is 11.1 Å². The van der Waals surface area contributed by atoms with Crippen LogP contribution in [0.1, 0.15) is 5.56 Å². The first kappa shape index (κ1) is 15.4. The van der Waals surface area contributed by atoms with Crippen molar-refractivity contribution in [2.24, 2.45) is 0 Å². The van der Waals surface area contributed by atoms with E-state index in [-0.39, 0.29) is 17.2 Å². The fourth-order valence-corrected chi connectivity index (χ4v) is 3.94. The summed E-state index contributed by atoms with van der Waals surface area (Å²) in [5, 5.41) is 9.58. The molecule has 2 amide bonds. The lowest BCUT2D eigenvalue weighted by molar-refractivity contribution is -0.122. The molecule has 1 aliphatic heterocycles. The fraction of sp³-hybridized carbons (Fsp3) is 0.0769. The number of carbonyl (C=O) groups excluding carboxylic acids is 2. The van der Waals surface area contributed by atoms with Crippen molar-refractivity contribution in [3.05, 3.63) is 30.6 Å². The molecule has 4 nitrogen and oxygen atoms in total. The average Bonchev–Trinajstić information content (AvgIpc) is 2.63. The van der Waals surface area contributed by atoms with E-state index in [1.165, 1.54) is 6.08 Å². The van der Waals surface area contributed by atoms with Crippen LogP contribution in [0.25, 0.3) is 6.08 Å². The molecule has 0 aromatic heterocycles. The highest BCUT2D eigenvalue weighted by Gasteiger charge is 2.34. The quantitative estimate of drug-likeness (QED) is 0.414.